The van der Waals surface area contributed by atoms with Gasteiger partial charge in [0.05, 0.1) is 13.5 Å². The molecular weight excluding hydrogens is 385 g/mol. The number of carbonyl (C=O) groups excluding carboxylic acids is 1. The third-order valence-electron chi connectivity index (χ3n) is 4.13. The van der Waals surface area contributed by atoms with Gasteiger partial charge >= 0.3 is 6.18 Å². The maximum absolute atomic E-state index is 13.2. The van der Waals surface area contributed by atoms with Gasteiger partial charge in [-0.25, -0.2) is 0 Å². The summed E-state index contributed by atoms with van der Waals surface area (Å²) >= 11 is 5.78. The summed E-state index contributed by atoms with van der Waals surface area (Å²) in [5.41, 5.74) is -3.48. The monoisotopic (exact) mass is 398 g/mol. The zero-order chi connectivity index (χ0) is 19.8. The first-order valence-corrected chi connectivity index (χ1v) is 8.14. The number of nitrogens with zero attached hydrogens (tertiary/aromatic N) is 2. The zero-order valence-corrected chi connectivity index (χ0v) is 14.8. The largest absolute Gasteiger partial charge is 0.497 e. The summed E-state index contributed by atoms with van der Waals surface area (Å²) in [5.74, 6) is -0.573. The topological polar surface area (TPSA) is 62.1 Å². The van der Waals surface area contributed by atoms with E-state index in [1.165, 1.54) is 49.6 Å². The molecule has 1 heterocycles. The van der Waals surface area contributed by atoms with Crippen molar-refractivity contribution in [2.24, 2.45) is 5.10 Å². The van der Waals surface area contributed by atoms with Crippen LogP contribution in [0.5, 0.6) is 5.75 Å². The molecule has 0 spiro atoms. The Labute approximate surface area is 157 Å². The molecule has 1 aliphatic rings. The Morgan fingerprint density at radius 2 is 1.93 bits per heavy atom. The number of hydrazone groups is 1. The fourth-order valence-corrected chi connectivity index (χ4v) is 2.85. The number of benzene rings is 2. The molecule has 9 heteroatoms. The van der Waals surface area contributed by atoms with Crippen molar-refractivity contribution >= 4 is 23.2 Å². The van der Waals surface area contributed by atoms with E-state index < -0.39 is 29.9 Å². The van der Waals surface area contributed by atoms with Gasteiger partial charge in [-0.05, 0) is 36.4 Å². The second-order valence-electron chi connectivity index (χ2n) is 5.89. The van der Waals surface area contributed by atoms with Crippen molar-refractivity contribution in [3.63, 3.8) is 0 Å². The number of rotatable bonds is 3. The van der Waals surface area contributed by atoms with Crippen LogP contribution >= 0.6 is 11.6 Å². The van der Waals surface area contributed by atoms with Gasteiger partial charge in [-0.2, -0.15) is 23.3 Å². The number of alkyl halides is 3. The highest BCUT2D eigenvalue weighted by molar-refractivity contribution is 6.30. The van der Waals surface area contributed by atoms with Crippen molar-refractivity contribution in [2.45, 2.75) is 18.3 Å². The Balaban J connectivity index is 2.08. The van der Waals surface area contributed by atoms with E-state index in [2.05, 4.69) is 5.10 Å². The third-order valence-corrected chi connectivity index (χ3v) is 4.38. The molecule has 2 aromatic rings. The molecule has 1 aliphatic heterocycles. The predicted molar refractivity (Wildman–Crippen MR) is 92.6 cm³/mol. The van der Waals surface area contributed by atoms with Crippen molar-refractivity contribution in [3.8, 4) is 5.75 Å². The molecule has 1 amide bonds. The highest BCUT2D eigenvalue weighted by atomic mass is 35.5. The summed E-state index contributed by atoms with van der Waals surface area (Å²) < 4.78 is 44.8. The van der Waals surface area contributed by atoms with Crippen LogP contribution in [0.4, 0.5) is 13.2 Å². The maximum atomic E-state index is 13.2. The number of hydrogen-bond acceptors (Lipinski definition) is 4. The number of halogens is 4. The van der Waals surface area contributed by atoms with Crippen LogP contribution in [0.2, 0.25) is 5.02 Å². The molecule has 0 saturated heterocycles. The van der Waals surface area contributed by atoms with Crippen molar-refractivity contribution in [2.75, 3.05) is 7.11 Å². The number of ether oxygens (including phenoxy) is 1. The van der Waals surface area contributed by atoms with Crippen LogP contribution in [-0.2, 0) is 5.72 Å². The van der Waals surface area contributed by atoms with Crippen molar-refractivity contribution in [1.29, 1.82) is 0 Å². The van der Waals surface area contributed by atoms with Gasteiger partial charge in [-0.3, -0.25) is 4.79 Å². The van der Waals surface area contributed by atoms with E-state index in [-0.39, 0.29) is 11.1 Å². The van der Waals surface area contributed by atoms with Crippen LogP contribution in [-0.4, -0.2) is 35.0 Å². The van der Waals surface area contributed by atoms with Crippen molar-refractivity contribution in [1.82, 2.24) is 5.01 Å². The summed E-state index contributed by atoms with van der Waals surface area (Å²) in [6, 6.07) is 11.4. The molecule has 142 valence electrons. The summed E-state index contributed by atoms with van der Waals surface area (Å²) in [4.78, 5) is 12.8. The molecule has 0 unspecified atom stereocenters. The number of aliphatic hydroxyl groups is 1. The third kappa shape index (κ3) is 3.63. The van der Waals surface area contributed by atoms with E-state index in [0.717, 1.165) is 0 Å². The second kappa shape index (κ2) is 6.86. The van der Waals surface area contributed by atoms with E-state index >= 15 is 0 Å². The Morgan fingerprint density at radius 1 is 1.26 bits per heavy atom. The van der Waals surface area contributed by atoms with Crippen LogP contribution in [0.15, 0.2) is 53.6 Å². The Morgan fingerprint density at radius 3 is 2.52 bits per heavy atom. The molecule has 1 atom stereocenters. The highest BCUT2D eigenvalue weighted by Crippen LogP contribution is 2.41. The Kier molecular flexibility index (Phi) is 4.88. The molecule has 0 radical (unpaired) electrons. The van der Waals surface area contributed by atoms with Gasteiger partial charge in [0, 0.05) is 16.1 Å². The first kappa shape index (κ1) is 19.2. The number of methoxy groups -OCH3 is 1. The fraction of sp³-hybridized carbons (Fsp3) is 0.222. The molecule has 1 N–H and O–H groups in total. The summed E-state index contributed by atoms with van der Waals surface area (Å²) in [5, 5.41) is 15.3. The molecule has 5 nitrogen and oxygen atoms in total. The number of hydrogen-bond donors (Lipinski definition) is 1. The standard InChI is InChI=1S/C18H14ClF3N2O3/c1-27-14-4-2-3-12(9-14)17(26)10-15(18(20,21)22)23-24(17)16(25)11-5-7-13(19)8-6-11/h2-9,26H,10H2,1H3/t17-/m0/s1. The number of carbonyl (C=O) groups is 1. The van der Waals surface area contributed by atoms with Gasteiger partial charge in [0.1, 0.15) is 11.5 Å². The average molecular weight is 399 g/mol. The van der Waals surface area contributed by atoms with Crippen LogP contribution in [0.25, 0.3) is 0 Å². The summed E-state index contributed by atoms with van der Waals surface area (Å²) in [6.07, 6.45) is -5.69. The van der Waals surface area contributed by atoms with Gasteiger partial charge < -0.3 is 9.84 Å². The lowest BCUT2D eigenvalue weighted by Crippen LogP contribution is -2.43. The van der Waals surface area contributed by atoms with Gasteiger partial charge in [-0.15, -0.1) is 0 Å². The molecule has 0 bridgehead atoms. The fourth-order valence-electron chi connectivity index (χ4n) is 2.73. The van der Waals surface area contributed by atoms with Crippen LogP contribution < -0.4 is 4.74 Å². The van der Waals surface area contributed by atoms with E-state index in [1.54, 1.807) is 6.07 Å². The minimum Gasteiger partial charge on any atom is -0.497 e. The van der Waals surface area contributed by atoms with Gasteiger partial charge in [-0.1, -0.05) is 23.7 Å². The normalized spacial score (nSPS) is 19.8. The average Bonchev–Trinajstić information content (AvgIpc) is 3.01. The first-order valence-electron chi connectivity index (χ1n) is 7.77. The van der Waals surface area contributed by atoms with Gasteiger partial charge in [0.25, 0.3) is 5.91 Å². The summed E-state index contributed by atoms with van der Waals surface area (Å²) in [7, 11) is 1.38. The Hall–Kier alpha value is -2.58. The smallest absolute Gasteiger partial charge is 0.431 e. The van der Waals surface area contributed by atoms with E-state index in [0.29, 0.717) is 15.8 Å². The maximum Gasteiger partial charge on any atom is 0.431 e. The highest BCUT2D eigenvalue weighted by Gasteiger charge is 2.53. The van der Waals surface area contributed by atoms with Gasteiger partial charge in [0.2, 0.25) is 0 Å². The molecule has 2 aromatic carbocycles. The minimum atomic E-state index is -4.79. The van der Waals surface area contributed by atoms with E-state index in [4.69, 9.17) is 16.3 Å². The first-order chi connectivity index (χ1) is 12.6. The van der Waals surface area contributed by atoms with E-state index in [9.17, 15) is 23.1 Å². The second-order valence-corrected chi connectivity index (χ2v) is 6.33. The molecule has 3 rings (SSSR count). The molecule has 0 aromatic heterocycles. The SMILES string of the molecule is COc1cccc([C@@]2(O)CC(C(F)(F)F)=NN2C(=O)c2ccc(Cl)cc2)c1. The molecule has 27 heavy (non-hydrogen) atoms. The van der Waals surface area contributed by atoms with Crippen molar-refractivity contribution < 1.29 is 27.8 Å². The molecule has 0 aliphatic carbocycles. The predicted octanol–water partition coefficient (Wildman–Crippen LogP) is 3.96. The molecular formula is C18H14ClF3N2O3. The molecule has 0 fully saturated rings. The summed E-state index contributed by atoms with van der Waals surface area (Å²) in [6.45, 7) is 0. The lowest BCUT2D eigenvalue weighted by molar-refractivity contribution is -0.0816. The van der Waals surface area contributed by atoms with Crippen molar-refractivity contribution in [3.05, 3.63) is 64.7 Å². The lowest BCUT2D eigenvalue weighted by atomic mass is 9.96. The van der Waals surface area contributed by atoms with Gasteiger partial charge in [0.15, 0.2) is 5.72 Å². The van der Waals surface area contributed by atoms with Crippen LogP contribution in [0.1, 0.15) is 22.3 Å². The minimum absolute atomic E-state index is 0.0351. The lowest BCUT2D eigenvalue weighted by Gasteiger charge is -2.31. The van der Waals surface area contributed by atoms with Crippen LogP contribution in [0, 0.1) is 0 Å². The van der Waals surface area contributed by atoms with E-state index in [1.807, 2.05) is 0 Å². The number of amides is 1. The Bertz CT molecular complexity index is 899. The molecule has 0 saturated carbocycles. The van der Waals surface area contributed by atoms with Crippen LogP contribution in [0.3, 0.4) is 0 Å². The zero-order valence-electron chi connectivity index (χ0n) is 14.0. The quantitative estimate of drug-likeness (QED) is 0.851.